The Labute approximate surface area is 150 Å². The van der Waals surface area contributed by atoms with Crippen LogP contribution >= 0.6 is 22.7 Å². The predicted octanol–water partition coefficient (Wildman–Crippen LogP) is 2.68. The number of hydrogen-bond donors (Lipinski definition) is 0. The molecule has 0 saturated carbocycles. The topological polar surface area (TPSA) is 104 Å². The lowest BCUT2D eigenvalue weighted by Crippen LogP contribution is -2.13. The van der Waals surface area contributed by atoms with E-state index in [0.29, 0.717) is 20.2 Å². The van der Waals surface area contributed by atoms with Gasteiger partial charge in [-0.2, -0.15) is 4.99 Å². The molecule has 0 aliphatic heterocycles. The molecule has 0 saturated heterocycles. The standard InChI is InChI=1S/C15H15N3O5S2/c1-4-23-14(20)13-9(2)17(3)15(25-13)16-11(19)7-5-10-6-8-12(24-10)18(21)22/h5-8H,4H2,1-3H3. The summed E-state index contributed by atoms with van der Waals surface area (Å²) in [5, 5.41) is 10.6. The fourth-order valence-electron chi connectivity index (χ4n) is 1.83. The average molecular weight is 381 g/mol. The van der Waals surface area contributed by atoms with Crippen LogP contribution in [-0.4, -0.2) is 28.0 Å². The lowest BCUT2D eigenvalue weighted by molar-refractivity contribution is -0.380. The molecule has 1 amide bonds. The smallest absolute Gasteiger partial charge is 0.350 e. The van der Waals surface area contributed by atoms with Crippen LogP contribution in [0.15, 0.2) is 23.2 Å². The largest absolute Gasteiger partial charge is 0.462 e. The first kappa shape index (κ1) is 18.7. The van der Waals surface area contributed by atoms with Gasteiger partial charge < -0.3 is 9.30 Å². The number of nitrogens with zero attached hydrogens (tertiary/aromatic N) is 3. The molecular weight excluding hydrogens is 366 g/mol. The van der Waals surface area contributed by atoms with E-state index in [1.165, 1.54) is 18.2 Å². The van der Waals surface area contributed by atoms with E-state index in [2.05, 4.69) is 4.99 Å². The summed E-state index contributed by atoms with van der Waals surface area (Å²) in [6.45, 7) is 3.73. The van der Waals surface area contributed by atoms with Gasteiger partial charge in [0.15, 0.2) is 4.80 Å². The predicted molar refractivity (Wildman–Crippen MR) is 94.6 cm³/mol. The van der Waals surface area contributed by atoms with E-state index in [9.17, 15) is 19.7 Å². The molecule has 0 aliphatic rings. The molecule has 8 nitrogen and oxygen atoms in total. The number of nitro groups is 1. The number of aromatic nitrogens is 1. The normalized spacial score (nSPS) is 11.9. The van der Waals surface area contributed by atoms with E-state index < -0.39 is 16.8 Å². The summed E-state index contributed by atoms with van der Waals surface area (Å²) in [4.78, 5) is 39.3. The molecule has 10 heteroatoms. The van der Waals surface area contributed by atoms with Crippen molar-refractivity contribution in [3.05, 3.63) is 48.6 Å². The number of amides is 1. The van der Waals surface area contributed by atoms with Crippen molar-refractivity contribution >= 4 is 45.6 Å². The zero-order valence-corrected chi connectivity index (χ0v) is 15.3. The highest BCUT2D eigenvalue weighted by molar-refractivity contribution is 7.16. The van der Waals surface area contributed by atoms with Crippen LogP contribution in [0.5, 0.6) is 0 Å². The fourth-order valence-corrected chi connectivity index (χ4v) is 3.57. The number of thiophene rings is 1. The van der Waals surface area contributed by atoms with Gasteiger partial charge in [-0.1, -0.05) is 22.7 Å². The molecule has 0 unspecified atom stereocenters. The SMILES string of the molecule is CCOC(=O)c1sc(=NC(=O)C=Cc2ccc([N+](=O)[O-])s2)n(C)c1C. The van der Waals surface area contributed by atoms with Gasteiger partial charge in [-0.25, -0.2) is 4.79 Å². The Kier molecular flexibility index (Phi) is 5.99. The van der Waals surface area contributed by atoms with Gasteiger partial charge in [0.2, 0.25) is 0 Å². The van der Waals surface area contributed by atoms with Crippen LogP contribution in [0.2, 0.25) is 0 Å². The molecule has 2 aromatic rings. The van der Waals surface area contributed by atoms with Crippen molar-refractivity contribution in [2.45, 2.75) is 13.8 Å². The third kappa shape index (κ3) is 4.48. The Morgan fingerprint density at radius 3 is 2.72 bits per heavy atom. The monoisotopic (exact) mass is 381 g/mol. The van der Waals surface area contributed by atoms with E-state index >= 15 is 0 Å². The summed E-state index contributed by atoms with van der Waals surface area (Å²) in [5.74, 6) is -0.973. The van der Waals surface area contributed by atoms with Crippen molar-refractivity contribution in [2.24, 2.45) is 12.0 Å². The Hall–Kier alpha value is -2.59. The number of esters is 1. The summed E-state index contributed by atoms with van der Waals surface area (Å²) in [6.07, 6.45) is 2.70. The van der Waals surface area contributed by atoms with Gasteiger partial charge in [0.25, 0.3) is 5.91 Å². The highest BCUT2D eigenvalue weighted by Gasteiger charge is 2.16. The number of carbonyl (C=O) groups is 2. The molecule has 0 radical (unpaired) electrons. The van der Waals surface area contributed by atoms with Gasteiger partial charge in [-0.3, -0.25) is 14.9 Å². The first-order valence-corrected chi connectivity index (χ1v) is 8.81. The molecule has 0 aliphatic carbocycles. The first-order chi connectivity index (χ1) is 11.8. The fraction of sp³-hybridized carbons (Fsp3) is 0.267. The highest BCUT2D eigenvalue weighted by Crippen LogP contribution is 2.24. The average Bonchev–Trinajstić information content (AvgIpc) is 3.14. The molecule has 0 atom stereocenters. The molecule has 0 aromatic carbocycles. The summed E-state index contributed by atoms with van der Waals surface area (Å²) in [6, 6.07) is 2.93. The highest BCUT2D eigenvalue weighted by atomic mass is 32.1. The lowest BCUT2D eigenvalue weighted by atomic mass is 10.4. The van der Waals surface area contributed by atoms with Crippen LogP contribution in [0.4, 0.5) is 5.00 Å². The van der Waals surface area contributed by atoms with Crippen LogP contribution in [0.1, 0.15) is 27.2 Å². The number of ether oxygens (including phenoxy) is 1. The molecule has 0 fully saturated rings. The second-order valence-corrected chi connectivity index (χ2v) is 6.87. The van der Waals surface area contributed by atoms with Crippen molar-refractivity contribution < 1.29 is 19.2 Å². The molecule has 132 valence electrons. The third-order valence-electron chi connectivity index (χ3n) is 3.16. The molecule has 2 aromatic heterocycles. The maximum atomic E-state index is 12.0. The van der Waals surface area contributed by atoms with Crippen molar-refractivity contribution in [3.8, 4) is 0 Å². The van der Waals surface area contributed by atoms with Gasteiger partial charge in [0.05, 0.1) is 11.5 Å². The second-order valence-electron chi connectivity index (χ2n) is 4.80. The van der Waals surface area contributed by atoms with Gasteiger partial charge in [0.1, 0.15) is 4.88 Å². The molecule has 25 heavy (non-hydrogen) atoms. The number of hydrogen-bond acceptors (Lipinski definition) is 7. The minimum absolute atomic E-state index is 0.00315. The zero-order chi connectivity index (χ0) is 18.6. The van der Waals surface area contributed by atoms with Gasteiger partial charge in [0, 0.05) is 29.8 Å². The zero-order valence-electron chi connectivity index (χ0n) is 13.7. The van der Waals surface area contributed by atoms with E-state index in [-0.39, 0.29) is 11.6 Å². The molecule has 2 heterocycles. The van der Waals surface area contributed by atoms with Crippen molar-refractivity contribution in [1.82, 2.24) is 4.57 Å². The number of thiazole rings is 1. The van der Waals surface area contributed by atoms with Gasteiger partial charge in [-0.15, -0.1) is 0 Å². The van der Waals surface area contributed by atoms with E-state index in [1.54, 1.807) is 31.5 Å². The minimum Gasteiger partial charge on any atom is -0.462 e. The Morgan fingerprint density at radius 2 is 2.12 bits per heavy atom. The van der Waals surface area contributed by atoms with Gasteiger partial charge in [-0.05, 0) is 26.0 Å². The van der Waals surface area contributed by atoms with Crippen molar-refractivity contribution in [1.29, 1.82) is 0 Å². The quantitative estimate of drug-likeness (QED) is 0.343. The maximum absolute atomic E-state index is 12.0. The third-order valence-corrected chi connectivity index (χ3v) is 5.38. The van der Waals surface area contributed by atoms with E-state index in [0.717, 1.165) is 22.7 Å². The number of rotatable bonds is 5. The van der Waals surface area contributed by atoms with Crippen molar-refractivity contribution in [3.63, 3.8) is 0 Å². The molecule has 2 rings (SSSR count). The Balaban J connectivity index is 2.23. The second kappa shape index (κ2) is 7.99. The van der Waals surface area contributed by atoms with Gasteiger partial charge >= 0.3 is 11.0 Å². The number of carbonyl (C=O) groups excluding carboxylic acids is 2. The molecule has 0 N–H and O–H groups in total. The Morgan fingerprint density at radius 1 is 1.40 bits per heavy atom. The molecule has 0 bridgehead atoms. The maximum Gasteiger partial charge on any atom is 0.350 e. The summed E-state index contributed by atoms with van der Waals surface area (Å²) in [7, 11) is 1.70. The summed E-state index contributed by atoms with van der Waals surface area (Å²) in [5.41, 5.74) is 0.660. The minimum atomic E-state index is -0.525. The Bertz CT molecular complexity index is 920. The van der Waals surface area contributed by atoms with E-state index in [4.69, 9.17) is 4.74 Å². The molecule has 0 spiro atoms. The van der Waals surface area contributed by atoms with Crippen LogP contribution in [-0.2, 0) is 16.6 Å². The summed E-state index contributed by atoms with van der Waals surface area (Å²) < 4.78 is 6.61. The van der Waals surface area contributed by atoms with Crippen LogP contribution in [0, 0.1) is 17.0 Å². The van der Waals surface area contributed by atoms with E-state index in [1.807, 2.05) is 0 Å². The van der Waals surface area contributed by atoms with Crippen LogP contribution in [0.25, 0.3) is 6.08 Å². The van der Waals surface area contributed by atoms with Crippen LogP contribution in [0.3, 0.4) is 0 Å². The lowest BCUT2D eigenvalue weighted by Gasteiger charge is -1.99. The first-order valence-electron chi connectivity index (χ1n) is 7.18. The van der Waals surface area contributed by atoms with Crippen molar-refractivity contribution in [2.75, 3.05) is 6.61 Å². The molecular formula is C15H15N3O5S2. The van der Waals surface area contributed by atoms with Crippen LogP contribution < -0.4 is 4.80 Å². The summed E-state index contributed by atoms with van der Waals surface area (Å²) >= 11 is 2.04.